The summed E-state index contributed by atoms with van der Waals surface area (Å²) in [6, 6.07) is 0.242. The van der Waals surface area contributed by atoms with Crippen LogP contribution in [0.25, 0.3) is 0 Å². The van der Waals surface area contributed by atoms with Crippen molar-refractivity contribution in [1.29, 1.82) is 0 Å². The molecule has 0 aliphatic carbocycles. The standard InChI is InChI=1S/C9H16N4O2S/c14-16(15,9-6-10-7-12-9)13-5-8-3-1-2-4-11-8/h6-8,11,13H,1-5H2,(H,10,12). The van der Waals surface area contributed by atoms with Crippen molar-refractivity contribution in [3.05, 3.63) is 12.5 Å². The van der Waals surface area contributed by atoms with E-state index in [4.69, 9.17) is 0 Å². The van der Waals surface area contributed by atoms with Gasteiger partial charge in [-0.05, 0) is 19.4 Å². The normalized spacial score (nSPS) is 22.1. The van der Waals surface area contributed by atoms with Crippen molar-refractivity contribution < 1.29 is 8.42 Å². The van der Waals surface area contributed by atoms with Gasteiger partial charge in [-0.2, -0.15) is 0 Å². The molecule has 16 heavy (non-hydrogen) atoms. The molecule has 0 saturated carbocycles. The predicted molar refractivity (Wildman–Crippen MR) is 59.4 cm³/mol. The first kappa shape index (κ1) is 11.6. The third kappa shape index (κ3) is 2.81. The lowest BCUT2D eigenvalue weighted by Crippen LogP contribution is -2.43. The molecule has 1 unspecified atom stereocenters. The Labute approximate surface area is 94.9 Å². The maximum absolute atomic E-state index is 11.7. The van der Waals surface area contributed by atoms with Crippen LogP contribution in [0.5, 0.6) is 0 Å². The van der Waals surface area contributed by atoms with Crippen molar-refractivity contribution in [2.75, 3.05) is 13.1 Å². The maximum atomic E-state index is 11.7. The molecule has 0 amide bonds. The smallest absolute Gasteiger partial charge is 0.257 e. The highest BCUT2D eigenvalue weighted by Crippen LogP contribution is 2.07. The zero-order chi connectivity index (χ0) is 11.4. The summed E-state index contributed by atoms with van der Waals surface area (Å²) in [5, 5.41) is 3.40. The molecule has 0 aromatic carbocycles. The van der Waals surface area contributed by atoms with Crippen LogP contribution in [0.1, 0.15) is 19.3 Å². The zero-order valence-electron chi connectivity index (χ0n) is 8.94. The number of nitrogens with one attached hydrogen (secondary N) is 3. The van der Waals surface area contributed by atoms with Gasteiger partial charge < -0.3 is 10.3 Å². The van der Waals surface area contributed by atoms with Crippen LogP contribution in [0.3, 0.4) is 0 Å². The number of hydrogen-bond acceptors (Lipinski definition) is 4. The first-order valence-corrected chi connectivity index (χ1v) is 6.88. The molecule has 1 aromatic heterocycles. The van der Waals surface area contributed by atoms with E-state index in [0.717, 1.165) is 19.4 Å². The zero-order valence-corrected chi connectivity index (χ0v) is 9.76. The predicted octanol–water partition coefficient (Wildman–Crippen LogP) is -0.170. The third-order valence-corrected chi connectivity index (χ3v) is 4.04. The molecule has 7 heteroatoms. The van der Waals surface area contributed by atoms with Gasteiger partial charge in [0.05, 0.1) is 12.5 Å². The molecule has 0 spiro atoms. The molecule has 0 radical (unpaired) electrons. The van der Waals surface area contributed by atoms with Crippen LogP contribution in [0.2, 0.25) is 0 Å². The fourth-order valence-electron chi connectivity index (χ4n) is 1.78. The molecule has 1 atom stereocenters. The van der Waals surface area contributed by atoms with Gasteiger partial charge in [0.1, 0.15) is 0 Å². The molecule has 2 heterocycles. The van der Waals surface area contributed by atoms with Gasteiger partial charge in [-0.25, -0.2) is 18.1 Å². The largest absolute Gasteiger partial charge is 0.335 e. The molecule has 1 fully saturated rings. The van der Waals surface area contributed by atoms with Gasteiger partial charge in [-0.15, -0.1) is 0 Å². The minimum absolute atomic E-state index is 0.114. The van der Waals surface area contributed by atoms with Gasteiger partial charge in [-0.3, -0.25) is 0 Å². The van der Waals surface area contributed by atoms with Crippen molar-refractivity contribution in [3.63, 3.8) is 0 Å². The lowest BCUT2D eigenvalue weighted by atomic mass is 10.1. The van der Waals surface area contributed by atoms with E-state index in [2.05, 4.69) is 20.0 Å². The number of piperidine rings is 1. The Kier molecular flexibility index (Phi) is 3.57. The van der Waals surface area contributed by atoms with Gasteiger partial charge in [0.2, 0.25) is 0 Å². The van der Waals surface area contributed by atoms with E-state index in [0.29, 0.717) is 6.54 Å². The minimum atomic E-state index is -3.42. The molecule has 2 rings (SSSR count). The highest BCUT2D eigenvalue weighted by Gasteiger charge is 2.18. The van der Waals surface area contributed by atoms with Crippen molar-refractivity contribution in [2.45, 2.75) is 30.3 Å². The second-order valence-corrected chi connectivity index (χ2v) is 5.65. The number of aromatic amines is 1. The second-order valence-electron chi connectivity index (χ2n) is 3.91. The first-order chi connectivity index (χ1) is 7.68. The summed E-state index contributed by atoms with van der Waals surface area (Å²) in [7, 11) is -3.42. The van der Waals surface area contributed by atoms with Crippen molar-refractivity contribution >= 4 is 10.0 Å². The van der Waals surface area contributed by atoms with Crippen molar-refractivity contribution in [1.82, 2.24) is 20.0 Å². The lowest BCUT2D eigenvalue weighted by molar-refractivity contribution is 0.398. The Morgan fingerprint density at radius 1 is 1.50 bits per heavy atom. The Balaban J connectivity index is 1.89. The highest BCUT2D eigenvalue weighted by atomic mass is 32.2. The van der Waals surface area contributed by atoms with Crippen LogP contribution in [-0.2, 0) is 10.0 Å². The number of nitrogens with zero attached hydrogens (tertiary/aromatic N) is 1. The topological polar surface area (TPSA) is 86.9 Å². The Hall–Kier alpha value is -0.920. The number of hydrogen-bond donors (Lipinski definition) is 3. The molecule has 0 bridgehead atoms. The summed E-state index contributed by atoms with van der Waals surface area (Å²) < 4.78 is 26.0. The van der Waals surface area contributed by atoms with Crippen LogP contribution in [0.15, 0.2) is 17.6 Å². The van der Waals surface area contributed by atoms with E-state index in [9.17, 15) is 8.42 Å². The molecule has 1 aromatic rings. The van der Waals surface area contributed by atoms with Gasteiger partial charge in [0.25, 0.3) is 10.0 Å². The highest BCUT2D eigenvalue weighted by molar-refractivity contribution is 7.89. The quantitative estimate of drug-likeness (QED) is 0.686. The molecular weight excluding hydrogens is 228 g/mol. The maximum Gasteiger partial charge on any atom is 0.257 e. The Morgan fingerprint density at radius 3 is 3.00 bits per heavy atom. The van der Waals surface area contributed by atoms with Crippen LogP contribution < -0.4 is 10.0 Å². The molecule has 90 valence electrons. The van der Waals surface area contributed by atoms with E-state index >= 15 is 0 Å². The lowest BCUT2D eigenvalue weighted by Gasteiger charge is -2.23. The fourth-order valence-corrected chi connectivity index (χ4v) is 2.76. The second kappa shape index (κ2) is 4.94. The SMILES string of the molecule is O=S(=O)(NCC1CCCCN1)c1cnc[nH]1. The van der Waals surface area contributed by atoms with Crippen LogP contribution >= 0.6 is 0 Å². The number of imidazole rings is 1. The first-order valence-electron chi connectivity index (χ1n) is 5.40. The van der Waals surface area contributed by atoms with Crippen molar-refractivity contribution in [2.24, 2.45) is 0 Å². The average Bonchev–Trinajstić information content (AvgIpc) is 2.82. The van der Waals surface area contributed by atoms with E-state index in [1.807, 2.05) is 0 Å². The van der Waals surface area contributed by atoms with Gasteiger partial charge in [0, 0.05) is 12.6 Å². The minimum Gasteiger partial charge on any atom is -0.335 e. The monoisotopic (exact) mass is 244 g/mol. The summed E-state index contributed by atoms with van der Waals surface area (Å²) in [6.45, 7) is 1.40. The molecule has 3 N–H and O–H groups in total. The summed E-state index contributed by atoms with van der Waals surface area (Å²) in [4.78, 5) is 6.28. The molecule has 1 aliphatic heterocycles. The number of rotatable bonds is 4. The Morgan fingerprint density at radius 2 is 2.38 bits per heavy atom. The van der Waals surface area contributed by atoms with Gasteiger partial charge in [-0.1, -0.05) is 6.42 Å². The average molecular weight is 244 g/mol. The van der Waals surface area contributed by atoms with Crippen LogP contribution in [-0.4, -0.2) is 37.5 Å². The van der Waals surface area contributed by atoms with Gasteiger partial charge >= 0.3 is 0 Å². The number of H-pyrrole nitrogens is 1. The third-order valence-electron chi connectivity index (χ3n) is 2.69. The van der Waals surface area contributed by atoms with E-state index in [1.54, 1.807) is 0 Å². The number of sulfonamides is 1. The fraction of sp³-hybridized carbons (Fsp3) is 0.667. The van der Waals surface area contributed by atoms with E-state index in [1.165, 1.54) is 18.9 Å². The van der Waals surface area contributed by atoms with Crippen molar-refractivity contribution in [3.8, 4) is 0 Å². The Bertz CT molecular complexity index is 409. The van der Waals surface area contributed by atoms with E-state index in [-0.39, 0.29) is 11.1 Å². The van der Waals surface area contributed by atoms with Crippen LogP contribution in [0.4, 0.5) is 0 Å². The summed E-state index contributed by atoms with van der Waals surface area (Å²) in [5.74, 6) is 0. The molecule has 1 aliphatic rings. The van der Waals surface area contributed by atoms with Gasteiger partial charge in [0.15, 0.2) is 5.03 Å². The molecular formula is C9H16N4O2S. The summed E-state index contributed by atoms with van der Waals surface area (Å²) in [5.41, 5.74) is 0. The van der Waals surface area contributed by atoms with E-state index < -0.39 is 10.0 Å². The summed E-state index contributed by atoms with van der Waals surface area (Å²) in [6.07, 6.45) is 6.00. The summed E-state index contributed by atoms with van der Waals surface area (Å²) >= 11 is 0. The molecule has 6 nitrogen and oxygen atoms in total. The van der Waals surface area contributed by atoms with Crippen LogP contribution in [0, 0.1) is 0 Å². The number of aromatic nitrogens is 2. The molecule has 1 saturated heterocycles.